The van der Waals surface area contributed by atoms with Crippen molar-refractivity contribution in [3.8, 4) is 0 Å². The van der Waals surface area contributed by atoms with Gasteiger partial charge in [-0.05, 0) is 23.2 Å². The van der Waals surface area contributed by atoms with Crippen LogP contribution in [0.1, 0.15) is 10.4 Å². The number of pyridine rings is 1. The second kappa shape index (κ2) is 5.74. The first-order chi connectivity index (χ1) is 7.63. The number of methoxy groups -OCH3 is 1. The van der Waals surface area contributed by atoms with Crippen molar-refractivity contribution in [1.82, 2.24) is 9.38 Å². The molecule has 0 radical (unpaired) electrons. The fraction of sp³-hybridized carbons (Fsp3) is 0.111. The molecule has 2 aromatic heterocycles. The maximum atomic E-state index is 11.2. The number of carbonyl (C=O) groups is 1. The molecular weight excluding hydrogens is 255 g/mol. The van der Waals surface area contributed by atoms with Crippen LogP contribution < -0.4 is 29.6 Å². The third kappa shape index (κ3) is 2.75. The first-order valence-electron chi connectivity index (χ1n) is 4.28. The normalized spacial score (nSPS) is 11.9. The minimum absolute atomic E-state index is 0. The molecule has 2 heterocycles. The number of carbonyl (C=O) groups excluding carboxylic acids is 1. The van der Waals surface area contributed by atoms with Crippen LogP contribution in [0.15, 0.2) is 29.7 Å². The average Bonchev–Trinajstić information content (AvgIpc) is 2.70. The Hall–Kier alpha value is -0.730. The number of nitrogens with zero attached hydrogens (tertiary/aromatic N) is 2. The van der Waals surface area contributed by atoms with Crippen LogP contribution in [0, 0.1) is 0 Å². The van der Waals surface area contributed by atoms with Gasteiger partial charge in [0.05, 0.1) is 18.2 Å². The van der Waals surface area contributed by atoms with E-state index < -0.39 is 17.0 Å². The number of ether oxygens (including phenoxy) is 1. The summed E-state index contributed by atoms with van der Waals surface area (Å²) in [5, 5.41) is -0.0450. The second-order valence-electron chi connectivity index (χ2n) is 2.99. The van der Waals surface area contributed by atoms with E-state index in [9.17, 15) is 13.6 Å². The Kier molecular flexibility index (Phi) is 4.84. The molecule has 1 unspecified atom stereocenters. The Morgan fingerprint density at radius 3 is 2.82 bits per heavy atom. The number of aromatic nitrogens is 2. The van der Waals surface area contributed by atoms with Crippen LogP contribution in [-0.2, 0) is 15.8 Å². The SMILES string of the molecule is COC(=O)c1ccc2c(S(=O)[O-])ncn2c1.[Na+]. The number of esters is 1. The molecule has 0 saturated carbocycles. The van der Waals surface area contributed by atoms with Crippen molar-refractivity contribution in [1.29, 1.82) is 0 Å². The molecule has 0 aliphatic heterocycles. The van der Waals surface area contributed by atoms with Gasteiger partial charge in [0.25, 0.3) is 0 Å². The summed E-state index contributed by atoms with van der Waals surface area (Å²) in [5.74, 6) is -0.486. The number of fused-ring (bicyclic) bond motifs is 1. The van der Waals surface area contributed by atoms with Crippen LogP contribution >= 0.6 is 0 Å². The van der Waals surface area contributed by atoms with E-state index in [4.69, 9.17) is 0 Å². The molecule has 1 atom stereocenters. The summed E-state index contributed by atoms with van der Waals surface area (Å²) in [6.07, 6.45) is 2.79. The largest absolute Gasteiger partial charge is 1.00 e. The molecule has 0 aliphatic carbocycles. The first-order valence-corrected chi connectivity index (χ1v) is 5.35. The molecule has 0 bridgehead atoms. The molecule has 0 aliphatic rings. The Bertz CT molecular complexity index is 583. The Morgan fingerprint density at radius 2 is 2.24 bits per heavy atom. The molecule has 2 aromatic rings. The Morgan fingerprint density at radius 1 is 1.53 bits per heavy atom. The molecule has 2 rings (SSSR count). The van der Waals surface area contributed by atoms with Crippen molar-refractivity contribution < 1.29 is 47.9 Å². The zero-order valence-corrected chi connectivity index (χ0v) is 12.1. The Balaban J connectivity index is 0.00000144. The van der Waals surface area contributed by atoms with E-state index in [0.29, 0.717) is 11.1 Å². The second-order valence-corrected chi connectivity index (χ2v) is 3.84. The van der Waals surface area contributed by atoms with Crippen molar-refractivity contribution >= 4 is 22.6 Å². The molecule has 6 nitrogen and oxygen atoms in total. The van der Waals surface area contributed by atoms with Crippen LogP contribution in [0.25, 0.3) is 5.52 Å². The van der Waals surface area contributed by atoms with E-state index in [-0.39, 0.29) is 34.6 Å². The third-order valence-corrected chi connectivity index (χ3v) is 2.70. The summed E-state index contributed by atoms with van der Waals surface area (Å²) in [6, 6.07) is 2.99. The number of imidazole rings is 1. The van der Waals surface area contributed by atoms with Gasteiger partial charge in [0, 0.05) is 6.20 Å². The standard InChI is InChI=1S/C9H8N2O4S.Na/c1-15-9(12)6-2-3-7-8(16(13)14)10-5-11(7)4-6;/h2-5H,1H3,(H,13,14);/q;+1/p-1. The van der Waals surface area contributed by atoms with Crippen LogP contribution in [0.5, 0.6) is 0 Å². The predicted octanol–water partition coefficient (Wildman–Crippen LogP) is -2.64. The quantitative estimate of drug-likeness (QED) is 0.336. The van der Waals surface area contributed by atoms with E-state index in [1.807, 2.05) is 0 Å². The number of rotatable bonds is 2. The van der Waals surface area contributed by atoms with Crippen molar-refractivity contribution in [3.05, 3.63) is 30.2 Å². The van der Waals surface area contributed by atoms with Crippen molar-refractivity contribution in [3.63, 3.8) is 0 Å². The van der Waals surface area contributed by atoms with Gasteiger partial charge in [-0.15, -0.1) is 0 Å². The zero-order valence-electron chi connectivity index (χ0n) is 9.25. The summed E-state index contributed by atoms with van der Waals surface area (Å²) >= 11 is -2.39. The van der Waals surface area contributed by atoms with E-state index in [1.165, 1.54) is 36.2 Å². The van der Waals surface area contributed by atoms with Gasteiger partial charge in [0.2, 0.25) is 0 Å². The maximum Gasteiger partial charge on any atom is 1.00 e. The summed E-state index contributed by atoms with van der Waals surface area (Å²) in [7, 11) is 1.28. The van der Waals surface area contributed by atoms with Gasteiger partial charge in [-0.25, -0.2) is 9.78 Å². The van der Waals surface area contributed by atoms with Crippen molar-refractivity contribution in [2.75, 3.05) is 7.11 Å². The topological polar surface area (TPSA) is 83.7 Å². The first kappa shape index (κ1) is 14.3. The molecule has 8 heteroatoms. The summed E-state index contributed by atoms with van der Waals surface area (Å²) in [6.45, 7) is 0. The molecule has 0 spiro atoms. The summed E-state index contributed by atoms with van der Waals surface area (Å²) in [4.78, 5) is 14.9. The molecule has 0 N–H and O–H groups in total. The fourth-order valence-electron chi connectivity index (χ4n) is 1.34. The monoisotopic (exact) mass is 262 g/mol. The van der Waals surface area contributed by atoms with Crippen molar-refractivity contribution in [2.45, 2.75) is 5.03 Å². The molecule has 0 fully saturated rings. The number of hydrogen-bond acceptors (Lipinski definition) is 5. The molecule has 0 saturated heterocycles. The molecule has 0 aromatic carbocycles. The molecule has 0 amide bonds. The average molecular weight is 262 g/mol. The predicted molar refractivity (Wildman–Crippen MR) is 53.7 cm³/mol. The molecule has 84 valence electrons. The van der Waals surface area contributed by atoms with E-state index in [1.54, 1.807) is 0 Å². The van der Waals surface area contributed by atoms with Crippen LogP contribution in [0.2, 0.25) is 0 Å². The summed E-state index contributed by atoms with van der Waals surface area (Å²) < 4.78 is 27.6. The maximum absolute atomic E-state index is 11.2. The smallest absolute Gasteiger partial charge is 0.767 e. The van der Waals surface area contributed by atoms with Crippen molar-refractivity contribution in [2.24, 2.45) is 0 Å². The fourth-order valence-corrected chi connectivity index (χ4v) is 1.82. The van der Waals surface area contributed by atoms with Crippen LogP contribution in [-0.4, -0.2) is 31.2 Å². The van der Waals surface area contributed by atoms with Gasteiger partial charge in [-0.3, -0.25) is 4.21 Å². The van der Waals surface area contributed by atoms with Gasteiger partial charge < -0.3 is 13.7 Å². The van der Waals surface area contributed by atoms with Crippen LogP contribution in [0.3, 0.4) is 0 Å². The molecular formula is C9H7N2NaO4S. The van der Waals surface area contributed by atoms with Crippen LogP contribution in [0.4, 0.5) is 0 Å². The Labute approximate surface area is 122 Å². The molecule has 17 heavy (non-hydrogen) atoms. The van der Waals surface area contributed by atoms with Gasteiger partial charge >= 0.3 is 35.5 Å². The van der Waals surface area contributed by atoms with E-state index in [0.717, 1.165) is 0 Å². The van der Waals surface area contributed by atoms with E-state index >= 15 is 0 Å². The van der Waals surface area contributed by atoms with E-state index in [2.05, 4.69) is 9.72 Å². The number of hydrogen-bond donors (Lipinski definition) is 0. The summed E-state index contributed by atoms with van der Waals surface area (Å²) in [5.41, 5.74) is 0.747. The van der Waals surface area contributed by atoms with Gasteiger partial charge in [0.1, 0.15) is 11.4 Å². The van der Waals surface area contributed by atoms with Gasteiger partial charge in [-0.2, -0.15) is 0 Å². The zero-order chi connectivity index (χ0) is 11.7. The minimum Gasteiger partial charge on any atom is -0.767 e. The van der Waals surface area contributed by atoms with Gasteiger partial charge in [0.15, 0.2) is 0 Å². The minimum atomic E-state index is -2.39. The third-order valence-electron chi connectivity index (χ3n) is 2.07. The van der Waals surface area contributed by atoms with Gasteiger partial charge in [-0.1, -0.05) is 0 Å².